The van der Waals surface area contributed by atoms with Crippen molar-refractivity contribution in [1.82, 2.24) is 25.9 Å². The number of rotatable bonds is 8. The SMILES string of the molecule is CCOC(=O)C(Cc1ccc(-c2nn[nH]n2)cc1)NC(=O)OCC1c2ccccc2-c2ccccc21. The van der Waals surface area contributed by atoms with Gasteiger partial charge in [0.15, 0.2) is 0 Å². The fourth-order valence-corrected chi connectivity index (χ4v) is 4.53. The highest BCUT2D eigenvalue weighted by Gasteiger charge is 2.30. The first kappa shape index (κ1) is 23.2. The van der Waals surface area contributed by atoms with Gasteiger partial charge in [0.2, 0.25) is 5.82 Å². The van der Waals surface area contributed by atoms with Crippen LogP contribution in [0.4, 0.5) is 4.79 Å². The van der Waals surface area contributed by atoms with Crippen molar-refractivity contribution in [3.05, 3.63) is 89.5 Å². The summed E-state index contributed by atoms with van der Waals surface area (Å²) in [5.41, 5.74) is 6.15. The maximum atomic E-state index is 12.8. The van der Waals surface area contributed by atoms with Crippen LogP contribution >= 0.6 is 0 Å². The Labute approximate surface area is 207 Å². The van der Waals surface area contributed by atoms with E-state index in [0.717, 1.165) is 33.4 Å². The first-order chi connectivity index (χ1) is 17.6. The summed E-state index contributed by atoms with van der Waals surface area (Å²) < 4.78 is 10.8. The molecule has 0 aliphatic heterocycles. The molecule has 1 aliphatic rings. The Morgan fingerprint density at radius 1 is 0.944 bits per heavy atom. The van der Waals surface area contributed by atoms with Crippen molar-refractivity contribution in [2.24, 2.45) is 0 Å². The van der Waals surface area contributed by atoms with E-state index >= 15 is 0 Å². The van der Waals surface area contributed by atoms with Crippen molar-refractivity contribution in [3.8, 4) is 22.5 Å². The van der Waals surface area contributed by atoms with Crippen LogP contribution in [-0.4, -0.2) is 51.9 Å². The predicted molar refractivity (Wildman–Crippen MR) is 132 cm³/mol. The monoisotopic (exact) mass is 483 g/mol. The standard InChI is InChI=1S/C27H25N5O4/c1-2-35-26(33)24(15-17-11-13-18(14-12-17)25-29-31-32-30-25)28-27(34)36-16-23-21-9-5-3-7-19(21)20-8-4-6-10-22(20)23/h3-14,23-24H,2,15-16H2,1H3,(H,28,34)(H,29,30,31,32). The lowest BCUT2D eigenvalue weighted by atomic mass is 9.98. The Morgan fingerprint density at radius 2 is 1.61 bits per heavy atom. The summed E-state index contributed by atoms with van der Waals surface area (Å²) in [6, 6.07) is 22.7. The van der Waals surface area contributed by atoms with Gasteiger partial charge in [0.05, 0.1) is 6.61 Å². The molecule has 3 aromatic carbocycles. The predicted octanol–water partition coefficient (Wildman–Crippen LogP) is 3.88. The van der Waals surface area contributed by atoms with Crippen molar-refractivity contribution in [1.29, 1.82) is 0 Å². The summed E-state index contributed by atoms with van der Waals surface area (Å²) in [5.74, 6) is -0.115. The van der Waals surface area contributed by atoms with E-state index in [1.807, 2.05) is 48.5 Å². The summed E-state index contributed by atoms with van der Waals surface area (Å²) in [6.45, 7) is 2.09. The molecule has 182 valence electrons. The number of tetrazole rings is 1. The Hall–Kier alpha value is -4.53. The number of nitrogens with zero attached hydrogens (tertiary/aromatic N) is 3. The molecular weight excluding hydrogens is 458 g/mol. The van der Waals surface area contributed by atoms with E-state index < -0.39 is 18.1 Å². The molecule has 0 spiro atoms. The Bertz CT molecular complexity index is 1310. The topological polar surface area (TPSA) is 119 Å². The maximum Gasteiger partial charge on any atom is 0.407 e. The van der Waals surface area contributed by atoms with Crippen LogP contribution in [0.25, 0.3) is 22.5 Å². The molecule has 9 heteroatoms. The van der Waals surface area contributed by atoms with Crippen LogP contribution in [0.15, 0.2) is 72.8 Å². The number of hydrogen-bond donors (Lipinski definition) is 2. The van der Waals surface area contributed by atoms with Gasteiger partial charge >= 0.3 is 12.1 Å². The molecule has 0 saturated heterocycles. The third-order valence-electron chi connectivity index (χ3n) is 6.20. The van der Waals surface area contributed by atoms with Gasteiger partial charge in [0.1, 0.15) is 12.6 Å². The van der Waals surface area contributed by atoms with Crippen molar-refractivity contribution < 1.29 is 19.1 Å². The average Bonchev–Trinajstić information content (AvgIpc) is 3.55. The number of ether oxygens (including phenoxy) is 2. The first-order valence-corrected chi connectivity index (χ1v) is 11.7. The molecule has 0 bridgehead atoms. The molecule has 4 aromatic rings. The average molecular weight is 484 g/mol. The number of aromatic amines is 1. The van der Waals surface area contributed by atoms with Gasteiger partial charge in [-0.05, 0) is 40.0 Å². The van der Waals surface area contributed by atoms with Crippen LogP contribution < -0.4 is 5.32 Å². The molecule has 1 amide bonds. The molecule has 0 radical (unpaired) electrons. The molecule has 1 aliphatic carbocycles. The second-order valence-corrected chi connectivity index (χ2v) is 8.41. The second kappa shape index (κ2) is 10.4. The number of hydrogen-bond acceptors (Lipinski definition) is 7. The van der Waals surface area contributed by atoms with Crippen molar-refractivity contribution in [2.75, 3.05) is 13.2 Å². The highest BCUT2D eigenvalue weighted by atomic mass is 16.6. The normalized spacial score (nSPS) is 12.9. The minimum atomic E-state index is -0.892. The number of esters is 1. The third-order valence-corrected chi connectivity index (χ3v) is 6.20. The van der Waals surface area contributed by atoms with Gasteiger partial charge < -0.3 is 14.8 Å². The number of fused-ring (bicyclic) bond motifs is 3. The lowest BCUT2D eigenvalue weighted by molar-refractivity contribution is -0.145. The Morgan fingerprint density at radius 3 is 2.22 bits per heavy atom. The van der Waals surface area contributed by atoms with Gasteiger partial charge in [0.25, 0.3) is 0 Å². The minimum Gasteiger partial charge on any atom is -0.464 e. The number of alkyl carbamates (subject to hydrolysis) is 1. The number of benzene rings is 3. The summed E-state index contributed by atoms with van der Waals surface area (Å²) >= 11 is 0. The molecule has 0 saturated carbocycles. The van der Waals surface area contributed by atoms with E-state index in [4.69, 9.17) is 9.47 Å². The molecule has 2 N–H and O–H groups in total. The molecular formula is C27H25N5O4. The van der Waals surface area contributed by atoms with Crippen LogP contribution in [0.2, 0.25) is 0 Å². The molecule has 36 heavy (non-hydrogen) atoms. The molecule has 1 unspecified atom stereocenters. The van der Waals surface area contributed by atoms with Gasteiger partial charge in [0, 0.05) is 17.9 Å². The Balaban J connectivity index is 1.26. The zero-order chi connectivity index (χ0) is 24.9. The second-order valence-electron chi connectivity index (χ2n) is 8.41. The van der Waals surface area contributed by atoms with E-state index in [1.54, 1.807) is 6.92 Å². The van der Waals surface area contributed by atoms with Crippen LogP contribution in [0.5, 0.6) is 0 Å². The molecule has 9 nitrogen and oxygen atoms in total. The van der Waals surface area contributed by atoms with Gasteiger partial charge in [-0.15, -0.1) is 10.2 Å². The first-order valence-electron chi connectivity index (χ1n) is 11.7. The van der Waals surface area contributed by atoms with Crippen molar-refractivity contribution >= 4 is 12.1 Å². The summed E-state index contributed by atoms with van der Waals surface area (Å²) in [7, 11) is 0. The molecule has 1 aromatic heterocycles. The quantitative estimate of drug-likeness (QED) is 0.365. The van der Waals surface area contributed by atoms with Crippen molar-refractivity contribution in [2.45, 2.75) is 25.3 Å². The summed E-state index contributed by atoms with van der Waals surface area (Å²) in [6.07, 6.45) is -0.423. The molecule has 0 fully saturated rings. The Kier molecular flexibility index (Phi) is 6.70. The van der Waals surface area contributed by atoms with Crippen LogP contribution in [0.3, 0.4) is 0 Å². The number of carbonyl (C=O) groups excluding carboxylic acids is 2. The largest absolute Gasteiger partial charge is 0.464 e. The summed E-state index contributed by atoms with van der Waals surface area (Å²) in [5, 5.41) is 16.6. The smallest absolute Gasteiger partial charge is 0.407 e. The zero-order valence-corrected chi connectivity index (χ0v) is 19.7. The lowest BCUT2D eigenvalue weighted by Gasteiger charge is -2.19. The van der Waals surface area contributed by atoms with Crippen molar-refractivity contribution in [3.63, 3.8) is 0 Å². The van der Waals surface area contributed by atoms with E-state index in [-0.39, 0.29) is 25.6 Å². The fraction of sp³-hybridized carbons (Fsp3) is 0.222. The maximum absolute atomic E-state index is 12.8. The van der Waals surface area contributed by atoms with E-state index in [2.05, 4.69) is 50.2 Å². The van der Waals surface area contributed by atoms with Gasteiger partial charge in [-0.2, -0.15) is 5.21 Å². The zero-order valence-electron chi connectivity index (χ0n) is 19.7. The third kappa shape index (κ3) is 4.81. The highest BCUT2D eigenvalue weighted by molar-refractivity contribution is 5.82. The molecule has 1 heterocycles. The van der Waals surface area contributed by atoms with E-state index in [1.165, 1.54) is 0 Å². The highest BCUT2D eigenvalue weighted by Crippen LogP contribution is 2.44. The number of aromatic nitrogens is 4. The van der Waals surface area contributed by atoms with Gasteiger partial charge in [-0.3, -0.25) is 0 Å². The number of H-pyrrole nitrogens is 1. The van der Waals surface area contributed by atoms with Gasteiger partial charge in [-0.25, -0.2) is 9.59 Å². The molecule has 1 atom stereocenters. The fourth-order valence-electron chi connectivity index (χ4n) is 4.53. The van der Waals surface area contributed by atoms with E-state index in [0.29, 0.717) is 5.82 Å². The van der Waals surface area contributed by atoms with Crippen LogP contribution in [0.1, 0.15) is 29.5 Å². The number of amides is 1. The number of carbonyl (C=O) groups is 2. The minimum absolute atomic E-state index is 0.0677. The summed E-state index contributed by atoms with van der Waals surface area (Å²) in [4.78, 5) is 25.4. The lowest BCUT2D eigenvalue weighted by Crippen LogP contribution is -2.44. The van der Waals surface area contributed by atoms with E-state index in [9.17, 15) is 9.59 Å². The van der Waals surface area contributed by atoms with Crippen LogP contribution in [0, 0.1) is 0 Å². The molecule has 5 rings (SSSR count). The van der Waals surface area contributed by atoms with Crippen LogP contribution in [-0.2, 0) is 20.7 Å². The van der Waals surface area contributed by atoms with Gasteiger partial charge in [-0.1, -0.05) is 72.8 Å². The number of nitrogens with one attached hydrogen (secondary N) is 2.